The van der Waals surface area contributed by atoms with Gasteiger partial charge < -0.3 is 9.80 Å². The molecule has 0 unspecified atom stereocenters. The number of aryl methyl sites for hydroxylation is 2. The molecule has 3 nitrogen and oxygen atoms in total. The lowest BCUT2D eigenvalue weighted by molar-refractivity contribution is -0.127. The normalized spacial score (nSPS) is 10.5. The first-order chi connectivity index (χ1) is 11.4. The third-order valence-electron chi connectivity index (χ3n) is 3.98. The number of carbonyl (C=O) groups is 1. The smallest absolute Gasteiger partial charge is 0.232 e. The monoisotopic (exact) mass is 342 g/mol. The van der Waals surface area contributed by atoms with Crippen molar-refractivity contribution < 1.29 is 4.79 Å². The highest BCUT2D eigenvalue weighted by molar-refractivity contribution is 8.00. The van der Waals surface area contributed by atoms with E-state index in [1.165, 1.54) is 16.0 Å². The van der Waals surface area contributed by atoms with Crippen LogP contribution >= 0.6 is 11.8 Å². The fourth-order valence-corrected chi connectivity index (χ4v) is 3.42. The number of amides is 1. The van der Waals surface area contributed by atoms with E-state index in [1.807, 2.05) is 21.1 Å². The van der Waals surface area contributed by atoms with Gasteiger partial charge in [-0.3, -0.25) is 4.79 Å². The number of benzene rings is 2. The minimum Gasteiger partial charge on any atom is -0.378 e. The van der Waals surface area contributed by atoms with Crippen molar-refractivity contribution in [3.05, 3.63) is 59.2 Å². The predicted molar refractivity (Wildman–Crippen MR) is 104 cm³/mol. The van der Waals surface area contributed by atoms with Gasteiger partial charge in [0, 0.05) is 38.3 Å². The summed E-state index contributed by atoms with van der Waals surface area (Å²) >= 11 is 1.61. The van der Waals surface area contributed by atoms with Crippen LogP contribution in [0.15, 0.2) is 47.4 Å². The molecule has 0 aromatic heterocycles. The van der Waals surface area contributed by atoms with Crippen LogP contribution < -0.4 is 4.90 Å². The Bertz CT molecular complexity index is 695. The Morgan fingerprint density at radius 3 is 2.25 bits per heavy atom. The van der Waals surface area contributed by atoms with Gasteiger partial charge in [-0.25, -0.2) is 0 Å². The van der Waals surface area contributed by atoms with Crippen molar-refractivity contribution in [2.75, 3.05) is 31.8 Å². The van der Waals surface area contributed by atoms with Crippen molar-refractivity contribution in [1.82, 2.24) is 4.90 Å². The van der Waals surface area contributed by atoms with E-state index in [0.717, 1.165) is 11.3 Å². The Kier molecular flexibility index (Phi) is 6.32. The molecule has 2 aromatic carbocycles. The summed E-state index contributed by atoms with van der Waals surface area (Å²) in [4.78, 5) is 17.4. The molecule has 0 aliphatic carbocycles. The molecule has 0 fully saturated rings. The highest BCUT2D eigenvalue weighted by atomic mass is 32.2. The molecule has 0 N–H and O–H groups in total. The van der Waals surface area contributed by atoms with E-state index in [0.29, 0.717) is 12.3 Å². The molecule has 4 heteroatoms. The predicted octanol–water partition coefficient (Wildman–Crippen LogP) is 4.12. The van der Waals surface area contributed by atoms with Crippen LogP contribution in [0.1, 0.15) is 16.7 Å². The van der Waals surface area contributed by atoms with Crippen LogP contribution in [0.4, 0.5) is 5.69 Å². The van der Waals surface area contributed by atoms with E-state index in [2.05, 4.69) is 61.2 Å². The molecule has 2 rings (SSSR count). The first-order valence-corrected chi connectivity index (χ1v) is 9.05. The van der Waals surface area contributed by atoms with Crippen LogP contribution in [0, 0.1) is 13.8 Å². The van der Waals surface area contributed by atoms with Gasteiger partial charge in [0.15, 0.2) is 0 Å². The van der Waals surface area contributed by atoms with Crippen molar-refractivity contribution in [3.8, 4) is 0 Å². The minimum atomic E-state index is 0.150. The molecule has 24 heavy (non-hydrogen) atoms. The highest BCUT2D eigenvalue weighted by Crippen LogP contribution is 2.23. The Labute approximate surface area is 149 Å². The largest absolute Gasteiger partial charge is 0.378 e. The van der Waals surface area contributed by atoms with E-state index in [9.17, 15) is 4.79 Å². The minimum absolute atomic E-state index is 0.150. The standard InChI is InChI=1S/C20H26N2OS/c1-15-6-11-19(16(2)12-15)24-14-20(23)22(5)13-17-7-9-18(10-8-17)21(3)4/h6-12H,13-14H2,1-5H3. The molecule has 0 saturated heterocycles. The van der Waals surface area contributed by atoms with Crippen molar-refractivity contribution in [3.63, 3.8) is 0 Å². The van der Waals surface area contributed by atoms with Gasteiger partial charge in [0.05, 0.1) is 5.75 Å². The Hall–Kier alpha value is -1.94. The topological polar surface area (TPSA) is 23.6 Å². The number of hydrogen-bond donors (Lipinski definition) is 0. The molecular weight excluding hydrogens is 316 g/mol. The van der Waals surface area contributed by atoms with Crippen LogP contribution in [0.2, 0.25) is 0 Å². The number of thioether (sulfide) groups is 1. The number of anilines is 1. The molecular formula is C20H26N2OS. The summed E-state index contributed by atoms with van der Waals surface area (Å²) < 4.78 is 0. The Morgan fingerprint density at radius 2 is 1.67 bits per heavy atom. The molecule has 1 amide bonds. The van der Waals surface area contributed by atoms with Crippen LogP contribution in [-0.2, 0) is 11.3 Å². The zero-order chi connectivity index (χ0) is 17.7. The van der Waals surface area contributed by atoms with Crippen molar-refractivity contribution in [2.45, 2.75) is 25.3 Å². The lowest BCUT2D eigenvalue weighted by Gasteiger charge is -2.18. The molecule has 128 valence electrons. The number of carbonyl (C=O) groups excluding carboxylic acids is 1. The zero-order valence-electron chi connectivity index (χ0n) is 15.2. The maximum Gasteiger partial charge on any atom is 0.232 e. The summed E-state index contributed by atoms with van der Waals surface area (Å²) in [5, 5.41) is 0. The average Bonchev–Trinajstić information content (AvgIpc) is 2.54. The van der Waals surface area contributed by atoms with E-state index in [4.69, 9.17) is 0 Å². The van der Waals surface area contributed by atoms with Crippen molar-refractivity contribution in [2.24, 2.45) is 0 Å². The molecule has 0 spiro atoms. The first kappa shape index (κ1) is 18.4. The second-order valence-electron chi connectivity index (χ2n) is 6.37. The summed E-state index contributed by atoms with van der Waals surface area (Å²) in [7, 11) is 5.91. The molecule has 0 radical (unpaired) electrons. The van der Waals surface area contributed by atoms with E-state index >= 15 is 0 Å². The molecule has 0 bridgehead atoms. The fraction of sp³-hybridized carbons (Fsp3) is 0.350. The molecule has 2 aromatic rings. The number of rotatable bonds is 6. The summed E-state index contributed by atoms with van der Waals surface area (Å²) in [5.41, 5.74) is 4.79. The first-order valence-electron chi connectivity index (χ1n) is 8.07. The lowest BCUT2D eigenvalue weighted by Crippen LogP contribution is -2.27. The molecule has 0 atom stereocenters. The maximum atomic E-state index is 12.4. The molecule has 0 saturated carbocycles. The van der Waals surface area contributed by atoms with Crippen LogP contribution in [0.5, 0.6) is 0 Å². The van der Waals surface area contributed by atoms with Crippen LogP contribution in [0.3, 0.4) is 0 Å². The van der Waals surface area contributed by atoms with E-state index in [1.54, 1.807) is 16.7 Å². The quantitative estimate of drug-likeness (QED) is 0.738. The van der Waals surface area contributed by atoms with Gasteiger partial charge in [-0.1, -0.05) is 29.8 Å². The van der Waals surface area contributed by atoms with Gasteiger partial charge in [-0.2, -0.15) is 0 Å². The third-order valence-corrected chi connectivity index (χ3v) is 5.14. The van der Waals surface area contributed by atoms with Crippen molar-refractivity contribution in [1.29, 1.82) is 0 Å². The van der Waals surface area contributed by atoms with Gasteiger partial charge in [0.1, 0.15) is 0 Å². The second kappa shape index (κ2) is 8.25. The lowest BCUT2D eigenvalue weighted by atomic mass is 10.2. The van der Waals surface area contributed by atoms with Gasteiger partial charge in [-0.15, -0.1) is 11.8 Å². The summed E-state index contributed by atoms with van der Waals surface area (Å²) in [5.74, 6) is 0.618. The second-order valence-corrected chi connectivity index (χ2v) is 7.39. The number of hydrogen-bond acceptors (Lipinski definition) is 3. The molecule has 0 aliphatic rings. The molecule has 0 heterocycles. The van der Waals surface area contributed by atoms with Gasteiger partial charge in [0.2, 0.25) is 5.91 Å². The Balaban J connectivity index is 1.89. The highest BCUT2D eigenvalue weighted by Gasteiger charge is 2.11. The SMILES string of the molecule is Cc1ccc(SCC(=O)N(C)Cc2ccc(N(C)C)cc2)c(C)c1. The average molecular weight is 343 g/mol. The van der Waals surface area contributed by atoms with E-state index < -0.39 is 0 Å². The molecule has 0 aliphatic heterocycles. The zero-order valence-corrected chi connectivity index (χ0v) is 16.0. The summed E-state index contributed by atoms with van der Waals surface area (Å²) in [6.45, 7) is 4.82. The summed E-state index contributed by atoms with van der Waals surface area (Å²) in [6, 6.07) is 14.7. The maximum absolute atomic E-state index is 12.4. The fourth-order valence-electron chi connectivity index (χ4n) is 2.47. The van der Waals surface area contributed by atoms with Crippen LogP contribution in [0.25, 0.3) is 0 Å². The van der Waals surface area contributed by atoms with Gasteiger partial charge >= 0.3 is 0 Å². The van der Waals surface area contributed by atoms with Gasteiger partial charge in [0.25, 0.3) is 0 Å². The van der Waals surface area contributed by atoms with Crippen molar-refractivity contribution >= 4 is 23.4 Å². The van der Waals surface area contributed by atoms with E-state index in [-0.39, 0.29) is 5.91 Å². The summed E-state index contributed by atoms with van der Waals surface area (Å²) in [6.07, 6.45) is 0. The van der Waals surface area contributed by atoms with Crippen LogP contribution in [-0.4, -0.2) is 37.7 Å². The van der Waals surface area contributed by atoms with Gasteiger partial charge in [-0.05, 0) is 43.2 Å². The Morgan fingerprint density at radius 1 is 1.00 bits per heavy atom. The third kappa shape index (κ3) is 5.03. The number of nitrogens with zero attached hydrogens (tertiary/aromatic N) is 2.